The Bertz CT molecular complexity index is 945. The Balaban J connectivity index is 1.34. The Kier molecular flexibility index (Phi) is 8.75. The molecule has 0 aromatic heterocycles. The van der Waals surface area contributed by atoms with E-state index in [1.807, 2.05) is 0 Å². The monoisotopic (exact) mass is 442 g/mol. The average molecular weight is 443 g/mol. The van der Waals surface area contributed by atoms with Crippen molar-refractivity contribution in [1.29, 1.82) is 0 Å². The summed E-state index contributed by atoms with van der Waals surface area (Å²) in [5.41, 5.74) is 7.86. The van der Waals surface area contributed by atoms with Gasteiger partial charge in [0.05, 0.1) is 6.67 Å². The van der Waals surface area contributed by atoms with E-state index < -0.39 is 0 Å². The van der Waals surface area contributed by atoms with Crippen molar-refractivity contribution in [3.05, 3.63) is 83.9 Å². The van der Waals surface area contributed by atoms with Crippen LogP contribution in [0.4, 0.5) is 4.39 Å². The fourth-order valence-corrected chi connectivity index (χ4v) is 5.37. The first-order valence-electron chi connectivity index (χ1n) is 13.1. The maximum absolute atomic E-state index is 12.3. The largest absolute Gasteiger partial charge is 0.251 e. The van der Waals surface area contributed by atoms with E-state index in [1.165, 1.54) is 78.3 Å². The first kappa shape index (κ1) is 23.7. The van der Waals surface area contributed by atoms with Crippen molar-refractivity contribution >= 4 is 0 Å². The molecule has 33 heavy (non-hydrogen) atoms. The highest BCUT2D eigenvalue weighted by molar-refractivity contribution is 5.70. The van der Waals surface area contributed by atoms with Gasteiger partial charge in [-0.3, -0.25) is 4.39 Å². The topological polar surface area (TPSA) is 0 Å². The third-order valence-corrected chi connectivity index (χ3v) is 7.55. The lowest BCUT2D eigenvalue weighted by molar-refractivity contribution is 0.304. The highest BCUT2D eigenvalue weighted by Crippen LogP contribution is 2.38. The summed E-state index contributed by atoms with van der Waals surface area (Å²) in [6.07, 6.45) is 12.2. The summed E-state index contributed by atoms with van der Waals surface area (Å²) in [5.74, 6) is 1.72. The second-order valence-electron chi connectivity index (χ2n) is 9.90. The first-order valence-corrected chi connectivity index (χ1v) is 13.1. The second kappa shape index (κ2) is 12.2. The van der Waals surface area contributed by atoms with Crippen molar-refractivity contribution in [2.45, 2.75) is 77.0 Å². The van der Waals surface area contributed by atoms with Gasteiger partial charge in [0.25, 0.3) is 0 Å². The normalized spacial score (nSPS) is 18.4. The van der Waals surface area contributed by atoms with E-state index in [9.17, 15) is 4.39 Å². The first-order chi connectivity index (χ1) is 16.3. The van der Waals surface area contributed by atoms with Crippen LogP contribution in [0.3, 0.4) is 0 Å². The summed E-state index contributed by atoms with van der Waals surface area (Å²) in [5, 5.41) is 0. The molecule has 0 aliphatic heterocycles. The van der Waals surface area contributed by atoms with Gasteiger partial charge in [-0.05, 0) is 90.2 Å². The van der Waals surface area contributed by atoms with Crippen LogP contribution in [0.2, 0.25) is 0 Å². The minimum atomic E-state index is -0.215. The zero-order valence-corrected chi connectivity index (χ0v) is 20.2. The lowest BCUT2D eigenvalue weighted by Gasteiger charge is -2.29. The van der Waals surface area contributed by atoms with Gasteiger partial charge in [0.2, 0.25) is 0 Å². The van der Waals surface area contributed by atoms with E-state index in [-0.39, 0.29) is 6.67 Å². The summed E-state index contributed by atoms with van der Waals surface area (Å²) in [7, 11) is 0. The number of hydrogen-bond donors (Lipinski definition) is 0. The summed E-state index contributed by atoms with van der Waals surface area (Å²) in [4.78, 5) is 0. The zero-order valence-electron chi connectivity index (χ0n) is 20.2. The molecular formula is C32H39F. The number of halogens is 1. The van der Waals surface area contributed by atoms with Crippen LogP contribution in [0.15, 0.2) is 72.8 Å². The van der Waals surface area contributed by atoms with Crippen molar-refractivity contribution in [3.63, 3.8) is 0 Å². The van der Waals surface area contributed by atoms with Gasteiger partial charge in [-0.15, -0.1) is 0 Å². The molecule has 1 aliphatic rings. The third kappa shape index (κ3) is 6.56. The molecule has 0 bridgehead atoms. The molecule has 0 saturated heterocycles. The highest BCUT2D eigenvalue weighted by Gasteiger charge is 2.21. The van der Waals surface area contributed by atoms with E-state index >= 15 is 0 Å². The summed E-state index contributed by atoms with van der Waals surface area (Å²) >= 11 is 0. The van der Waals surface area contributed by atoms with E-state index in [0.29, 0.717) is 6.42 Å². The summed E-state index contributed by atoms with van der Waals surface area (Å²) in [6.45, 7) is 2.09. The predicted octanol–water partition coefficient (Wildman–Crippen LogP) is 9.78. The molecule has 1 heteroatoms. The van der Waals surface area contributed by atoms with Crippen LogP contribution in [0.1, 0.15) is 81.8 Å². The van der Waals surface area contributed by atoms with Gasteiger partial charge in [-0.2, -0.15) is 0 Å². The smallest absolute Gasteiger partial charge is 0.0894 e. The maximum atomic E-state index is 12.3. The fraction of sp³-hybridized carbons (Fsp3) is 0.438. The van der Waals surface area contributed by atoms with Crippen molar-refractivity contribution in [2.24, 2.45) is 5.92 Å². The van der Waals surface area contributed by atoms with Crippen molar-refractivity contribution in [1.82, 2.24) is 0 Å². The van der Waals surface area contributed by atoms with E-state index in [2.05, 4.69) is 79.7 Å². The molecule has 1 aliphatic carbocycles. The van der Waals surface area contributed by atoms with Crippen molar-refractivity contribution < 1.29 is 4.39 Å². The zero-order chi connectivity index (χ0) is 22.9. The molecule has 1 saturated carbocycles. The van der Waals surface area contributed by atoms with Gasteiger partial charge in [0, 0.05) is 0 Å². The SMILES string of the molecule is CCCCC1CCC(c2ccc(-c3ccc(-c4ccc(CCCCF)cc4)cc3)cc2)CC1. The van der Waals surface area contributed by atoms with Gasteiger partial charge < -0.3 is 0 Å². The maximum Gasteiger partial charge on any atom is 0.0894 e. The number of hydrogen-bond acceptors (Lipinski definition) is 0. The van der Waals surface area contributed by atoms with Crippen LogP contribution in [0.5, 0.6) is 0 Å². The minimum Gasteiger partial charge on any atom is -0.251 e. The van der Waals surface area contributed by atoms with Gasteiger partial charge in [-0.1, -0.05) is 99.0 Å². The van der Waals surface area contributed by atoms with Crippen LogP contribution in [-0.4, -0.2) is 6.67 Å². The third-order valence-electron chi connectivity index (χ3n) is 7.55. The van der Waals surface area contributed by atoms with Crippen LogP contribution in [-0.2, 0) is 6.42 Å². The number of benzene rings is 3. The Labute approximate surface area is 200 Å². The average Bonchev–Trinajstić information content (AvgIpc) is 2.89. The second-order valence-corrected chi connectivity index (χ2v) is 9.90. The Morgan fingerprint density at radius 3 is 1.67 bits per heavy atom. The van der Waals surface area contributed by atoms with Gasteiger partial charge in [0.1, 0.15) is 0 Å². The number of unbranched alkanes of at least 4 members (excludes halogenated alkanes) is 2. The molecule has 174 valence electrons. The van der Waals surface area contributed by atoms with Crippen molar-refractivity contribution in [2.75, 3.05) is 6.67 Å². The fourth-order valence-electron chi connectivity index (χ4n) is 5.37. The molecule has 0 atom stereocenters. The molecule has 0 amide bonds. The van der Waals surface area contributed by atoms with E-state index in [1.54, 1.807) is 0 Å². The van der Waals surface area contributed by atoms with Gasteiger partial charge in [-0.25, -0.2) is 0 Å². The molecule has 4 rings (SSSR count). The van der Waals surface area contributed by atoms with E-state index in [0.717, 1.165) is 24.7 Å². The molecule has 3 aromatic carbocycles. The summed E-state index contributed by atoms with van der Waals surface area (Å²) < 4.78 is 12.3. The van der Waals surface area contributed by atoms with Crippen LogP contribution in [0.25, 0.3) is 22.3 Å². The quantitative estimate of drug-likeness (QED) is 0.274. The highest BCUT2D eigenvalue weighted by atomic mass is 19.1. The molecule has 0 unspecified atom stereocenters. The summed E-state index contributed by atoms with van der Waals surface area (Å²) in [6, 6.07) is 27.0. The molecule has 1 fully saturated rings. The number of aryl methyl sites for hydroxylation is 1. The van der Waals surface area contributed by atoms with Gasteiger partial charge >= 0.3 is 0 Å². The number of rotatable bonds is 10. The molecular weight excluding hydrogens is 403 g/mol. The minimum absolute atomic E-state index is 0.215. The predicted molar refractivity (Wildman–Crippen MR) is 140 cm³/mol. The molecule has 0 N–H and O–H groups in total. The Morgan fingerprint density at radius 1 is 0.636 bits per heavy atom. The number of alkyl halides is 1. The molecule has 0 spiro atoms. The van der Waals surface area contributed by atoms with Gasteiger partial charge in [0.15, 0.2) is 0 Å². The van der Waals surface area contributed by atoms with E-state index in [4.69, 9.17) is 0 Å². The van der Waals surface area contributed by atoms with Crippen LogP contribution < -0.4 is 0 Å². The lowest BCUT2D eigenvalue weighted by atomic mass is 9.77. The van der Waals surface area contributed by atoms with Crippen LogP contribution in [0, 0.1) is 5.92 Å². The molecule has 3 aromatic rings. The van der Waals surface area contributed by atoms with Crippen molar-refractivity contribution in [3.8, 4) is 22.3 Å². The molecule has 0 radical (unpaired) electrons. The van der Waals surface area contributed by atoms with Crippen LogP contribution >= 0.6 is 0 Å². The molecule has 0 heterocycles. The molecule has 0 nitrogen and oxygen atoms in total. The Hall–Kier alpha value is -2.41. The lowest BCUT2D eigenvalue weighted by Crippen LogP contribution is -2.13. The standard InChI is InChI=1S/C32H39F/c1-2-3-6-25-8-12-27(13-9-25)29-16-20-31(21-17-29)32-22-18-30(19-23-32)28-14-10-26(11-15-28)7-4-5-24-33/h10-11,14-23,25,27H,2-9,12-13,24H2,1H3. The Morgan fingerprint density at radius 2 is 1.15 bits per heavy atom.